The predicted molar refractivity (Wildman–Crippen MR) is 44.7 cm³/mol. The van der Waals surface area contributed by atoms with E-state index in [1.54, 1.807) is 6.92 Å². The van der Waals surface area contributed by atoms with Gasteiger partial charge in [0.25, 0.3) is 0 Å². The first-order valence-corrected chi connectivity index (χ1v) is 3.97. The zero-order valence-corrected chi connectivity index (χ0v) is 6.94. The Balaban J connectivity index is 2.75. The van der Waals surface area contributed by atoms with Crippen molar-refractivity contribution in [3.05, 3.63) is 31.6 Å². The van der Waals surface area contributed by atoms with Gasteiger partial charge in [-0.05, 0) is 19.8 Å². The smallest absolute Gasteiger partial charge is 0.229 e. The van der Waals surface area contributed by atoms with Gasteiger partial charge in [-0.3, -0.25) is 9.59 Å². The maximum atomic E-state index is 10.9. The highest BCUT2D eigenvalue weighted by Gasteiger charge is 2.14. The van der Waals surface area contributed by atoms with E-state index in [1.807, 2.05) is 0 Å². The van der Waals surface area contributed by atoms with Crippen molar-refractivity contribution < 1.29 is 0 Å². The summed E-state index contributed by atoms with van der Waals surface area (Å²) in [6.07, 6.45) is 2.86. The summed E-state index contributed by atoms with van der Waals surface area (Å²) in [5, 5.41) is 0. The molecule has 0 radical (unpaired) electrons. The van der Waals surface area contributed by atoms with E-state index in [9.17, 15) is 9.59 Å². The normalized spacial score (nSPS) is 10.7. The van der Waals surface area contributed by atoms with Gasteiger partial charge in [-0.1, -0.05) is 13.3 Å². The molecule has 0 aliphatic carbocycles. The van der Waals surface area contributed by atoms with Gasteiger partial charge in [0.2, 0.25) is 10.9 Å². The van der Waals surface area contributed by atoms with Gasteiger partial charge in [0, 0.05) is 11.1 Å². The van der Waals surface area contributed by atoms with Crippen LogP contribution in [0.3, 0.4) is 0 Å². The van der Waals surface area contributed by atoms with Gasteiger partial charge in [-0.2, -0.15) is 0 Å². The summed E-state index contributed by atoms with van der Waals surface area (Å²) < 4.78 is 0. The molecule has 0 atom stereocenters. The van der Waals surface area contributed by atoms with E-state index < -0.39 is 0 Å². The number of rotatable bonds is 3. The molecule has 60 valence electrons. The van der Waals surface area contributed by atoms with Crippen LogP contribution in [-0.4, -0.2) is 0 Å². The second-order valence-corrected chi connectivity index (χ2v) is 2.87. The Morgan fingerprint density at radius 3 is 2.27 bits per heavy atom. The second kappa shape index (κ2) is 2.99. The predicted octanol–water partition coefficient (Wildman–Crippen LogP) is 0.934. The molecule has 11 heavy (non-hydrogen) atoms. The van der Waals surface area contributed by atoms with E-state index in [2.05, 4.69) is 6.92 Å². The average Bonchev–Trinajstić information content (AvgIpc) is 2.04. The minimum Gasteiger partial charge on any atom is -0.285 e. The van der Waals surface area contributed by atoms with Crippen LogP contribution >= 0.6 is 0 Å². The van der Waals surface area contributed by atoms with Crippen molar-refractivity contribution in [3.63, 3.8) is 0 Å². The third-order valence-electron chi connectivity index (χ3n) is 2.05. The first-order valence-electron chi connectivity index (χ1n) is 3.97. The third-order valence-corrected chi connectivity index (χ3v) is 2.05. The number of hydrogen-bond acceptors (Lipinski definition) is 2. The van der Waals surface area contributed by atoms with Gasteiger partial charge in [-0.25, -0.2) is 0 Å². The molecule has 0 fully saturated rings. The Labute approximate surface area is 65.6 Å². The molecular formula is C9H12O2. The van der Waals surface area contributed by atoms with Crippen molar-refractivity contribution >= 4 is 0 Å². The van der Waals surface area contributed by atoms with Gasteiger partial charge in [-0.15, -0.1) is 0 Å². The van der Waals surface area contributed by atoms with Crippen LogP contribution < -0.4 is 10.9 Å². The summed E-state index contributed by atoms with van der Waals surface area (Å²) in [6, 6.07) is 0. The highest BCUT2D eigenvalue weighted by atomic mass is 16.2. The maximum absolute atomic E-state index is 10.9. The lowest BCUT2D eigenvalue weighted by atomic mass is 9.98. The summed E-state index contributed by atoms with van der Waals surface area (Å²) >= 11 is 0. The largest absolute Gasteiger partial charge is 0.285 e. The molecule has 0 saturated heterocycles. The molecule has 2 nitrogen and oxygen atoms in total. The minimum absolute atomic E-state index is 0.254. The third kappa shape index (κ3) is 1.25. The fourth-order valence-electron chi connectivity index (χ4n) is 1.21. The fourth-order valence-corrected chi connectivity index (χ4v) is 1.21. The van der Waals surface area contributed by atoms with E-state index in [-0.39, 0.29) is 10.9 Å². The van der Waals surface area contributed by atoms with E-state index in [4.69, 9.17) is 0 Å². The lowest BCUT2D eigenvalue weighted by Crippen LogP contribution is -2.38. The number of unbranched alkanes of at least 4 members (excludes halogenated alkanes) is 1. The van der Waals surface area contributed by atoms with Gasteiger partial charge in [0.05, 0.1) is 0 Å². The molecule has 0 aromatic heterocycles. The quantitative estimate of drug-likeness (QED) is 0.604. The van der Waals surface area contributed by atoms with Crippen molar-refractivity contribution in [2.75, 3.05) is 0 Å². The van der Waals surface area contributed by atoms with Crippen LogP contribution in [0.25, 0.3) is 0 Å². The van der Waals surface area contributed by atoms with Crippen LogP contribution in [0, 0.1) is 6.92 Å². The number of hydrogen-bond donors (Lipinski definition) is 0. The highest BCUT2D eigenvalue weighted by molar-refractivity contribution is 5.31. The summed E-state index contributed by atoms with van der Waals surface area (Å²) in [6.45, 7) is 3.80. The molecule has 0 N–H and O–H groups in total. The lowest BCUT2D eigenvalue weighted by molar-refractivity contribution is 0.778. The first-order chi connectivity index (χ1) is 5.18. The SMILES string of the molecule is CCCCc1c(C)c(=O)c1=O. The molecule has 0 heterocycles. The van der Waals surface area contributed by atoms with Crippen LogP contribution in [0.5, 0.6) is 0 Å². The van der Waals surface area contributed by atoms with Gasteiger partial charge >= 0.3 is 0 Å². The van der Waals surface area contributed by atoms with Crippen LogP contribution in [0.2, 0.25) is 0 Å². The Morgan fingerprint density at radius 1 is 1.18 bits per heavy atom. The summed E-state index contributed by atoms with van der Waals surface area (Å²) in [7, 11) is 0. The summed E-state index contributed by atoms with van der Waals surface area (Å²) in [5.74, 6) is 0. The van der Waals surface area contributed by atoms with E-state index in [0.29, 0.717) is 5.56 Å². The fraction of sp³-hybridized carbons (Fsp3) is 0.556. The van der Waals surface area contributed by atoms with Crippen LogP contribution in [-0.2, 0) is 6.42 Å². The Kier molecular flexibility index (Phi) is 2.22. The van der Waals surface area contributed by atoms with E-state index >= 15 is 0 Å². The Morgan fingerprint density at radius 2 is 1.82 bits per heavy atom. The molecule has 0 aliphatic heterocycles. The van der Waals surface area contributed by atoms with Crippen LogP contribution in [0.15, 0.2) is 9.59 Å². The average molecular weight is 152 g/mol. The molecule has 2 heteroatoms. The molecule has 0 amide bonds. The first kappa shape index (κ1) is 8.18. The topological polar surface area (TPSA) is 34.1 Å². The zero-order chi connectivity index (χ0) is 8.43. The van der Waals surface area contributed by atoms with Crippen molar-refractivity contribution in [2.24, 2.45) is 0 Å². The Bertz CT molecular complexity index is 316. The van der Waals surface area contributed by atoms with Gasteiger partial charge in [0.15, 0.2) is 0 Å². The summed E-state index contributed by atoms with van der Waals surface area (Å²) in [4.78, 5) is 21.6. The molecule has 1 aromatic rings. The molecule has 0 saturated carbocycles. The van der Waals surface area contributed by atoms with Gasteiger partial charge < -0.3 is 0 Å². The van der Waals surface area contributed by atoms with Crippen molar-refractivity contribution in [1.82, 2.24) is 0 Å². The molecule has 1 rings (SSSR count). The maximum Gasteiger partial charge on any atom is 0.229 e. The molecule has 0 unspecified atom stereocenters. The van der Waals surface area contributed by atoms with Crippen molar-refractivity contribution in [1.29, 1.82) is 0 Å². The zero-order valence-electron chi connectivity index (χ0n) is 6.94. The van der Waals surface area contributed by atoms with Gasteiger partial charge in [0.1, 0.15) is 0 Å². The molecular weight excluding hydrogens is 140 g/mol. The van der Waals surface area contributed by atoms with Crippen molar-refractivity contribution in [2.45, 2.75) is 33.1 Å². The minimum atomic E-state index is -0.281. The monoisotopic (exact) mass is 152 g/mol. The second-order valence-electron chi connectivity index (χ2n) is 2.87. The molecule has 0 spiro atoms. The highest BCUT2D eigenvalue weighted by Crippen LogP contribution is 2.03. The summed E-state index contributed by atoms with van der Waals surface area (Å²) in [5.41, 5.74) is 0.910. The van der Waals surface area contributed by atoms with Crippen LogP contribution in [0.1, 0.15) is 30.9 Å². The molecule has 0 bridgehead atoms. The van der Waals surface area contributed by atoms with E-state index in [0.717, 1.165) is 24.8 Å². The van der Waals surface area contributed by atoms with Crippen molar-refractivity contribution in [3.8, 4) is 0 Å². The van der Waals surface area contributed by atoms with Crippen LogP contribution in [0.4, 0.5) is 0 Å². The Hall–Kier alpha value is -0.920. The standard InChI is InChI=1S/C9H12O2/c1-3-4-5-7-6(2)8(10)9(7)11/h3-5H2,1-2H3. The van der Waals surface area contributed by atoms with E-state index in [1.165, 1.54) is 0 Å². The molecule has 1 aromatic carbocycles. The lowest BCUT2D eigenvalue weighted by Gasteiger charge is -2.04. The molecule has 0 aliphatic rings.